The minimum Gasteiger partial charge on any atom is -0.200 e. The molecule has 1 aliphatic carbocycles. The van der Waals surface area contributed by atoms with Crippen molar-refractivity contribution in [3.63, 3.8) is 0 Å². The Bertz CT molecular complexity index is 189. The number of hydrogen-bond acceptors (Lipinski definition) is 0. The van der Waals surface area contributed by atoms with Gasteiger partial charge in [0.05, 0.1) is 0 Å². The molecule has 13 heavy (non-hydrogen) atoms. The van der Waals surface area contributed by atoms with E-state index in [9.17, 15) is 26.3 Å². The van der Waals surface area contributed by atoms with Gasteiger partial charge in [0.25, 0.3) is 0 Å². The first-order valence-corrected chi connectivity index (χ1v) is 3.73. The van der Waals surface area contributed by atoms with E-state index in [2.05, 4.69) is 0 Å². The maximum atomic E-state index is 12.5. The Morgan fingerprint density at radius 1 is 0.846 bits per heavy atom. The predicted octanol–water partition coefficient (Wildman–Crippen LogP) is 3.32. The van der Waals surface area contributed by atoms with Crippen LogP contribution in [0.3, 0.4) is 0 Å². The molecule has 0 unspecified atom stereocenters. The largest absolute Gasteiger partial charge is 0.371 e. The minimum atomic E-state index is -5.22. The third-order valence-electron chi connectivity index (χ3n) is 2.13. The molecule has 0 aromatic rings. The Balaban J connectivity index is 3.03. The lowest BCUT2D eigenvalue weighted by Crippen LogP contribution is -2.58. The third kappa shape index (κ3) is 1.40. The summed E-state index contributed by atoms with van der Waals surface area (Å²) in [6.07, 6.45) is -2.37. The van der Waals surface area contributed by atoms with Crippen molar-refractivity contribution in [3.8, 4) is 0 Å². The van der Waals surface area contributed by atoms with Crippen LogP contribution in [0.15, 0.2) is 0 Å². The summed E-state index contributed by atoms with van der Waals surface area (Å²) in [4.78, 5) is 0. The molecule has 0 amide bonds. The van der Waals surface area contributed by atoms with Gasteiger partial charge < -0.3 is 0 Å². The van der Waals surface area contributed by atoms with Crippen molar-refractivity contribution in [1.82, 2.24) is 0 Å². The van der Waals surface area contributed by atoms with Gasteiger partial charge in [-0.05, 0) is 5.92 Å². The first kappa shape index (κ1) is 10.7. The van der Waals surface area contributed by atoms with E-state index in [0.29, 0.717) is 0 Å². The molecule has 0 spiro atoms. The fourth-order valence-electron chi connectivity index (χ4n) is 1.47. The minimum absolute atomic E-state index is 1.09. The lowest BCUT2D eigenvalue weighted by Gasteiger charge is -2.39. The Labute approximate surface area is 70.9 Å². The summed E-state index contributed by atoms with van der Waals surface area (Å²) in [5.74, 6) is -15.5. The molecule has 0 aliphatic heterocycles. The van der Waals surface area contributed by atoms with Crippen LogP contribution in [0.1, 0.15) is 19.8 Å². The van der Waals surface area contributed by atoms with Gasteiger partial charge in [0, 0.05) is 12.8 Å². The maximum Gasteiger partial charge on any atom is 0.371 e. The molecule has 0 heterocycles. The van der Waals surface area contributed by atoms with E-state index in [1.807, 2.05) is 0 Å². The zero-order chi connectivity index (χ0) is 10.5. The summed E-state index contributed by atoms with van der Waals surface area (Å²) in [5, 5.41) is 0. The highest BCUT2D eigenvalue weighted by Crippen LogP contribution is 2.55. The van der Waals surface area contributed by atoms with E-state index in [4.69, 9.17) is 0 Å². The van der Waals surface area contributed by atoms with E-state index in [1.54, 1.807) is 0 Å². The molecular weight excluding hydrogens is 198 g/mol. The first-order chi connectivity index (χ1) is 5.60. The van der Waals surface area contributed by atoms with Crippen LogP contribution >= 0.6 is 0 Å². The van der Waals surface area contributed by atoms with Crippen molar-refractivity contribution >= 4 is 0 Å². The molecule has 0 N–H and O–H groups in total. The second-order valence-corrected chi connectivity index (χ2v) is 3.50. The third-order valence-corrected chi connectivity index (χ3v) is 2.13. The van der Waals surface area contributed by atoms with Gasteiger partial charge in [-0.1, -0.05) is 6.92 Å². The number of hydrogen-bond donors (Lipinski definition) is 0. The quantitative estimate of drug-likeness (QED) is 0.533. The van der Waals surface area contributed by atoms with Crippen molar-refractivity contribution in [3.05, 3.63) is 0 Å². The molecule has 0 atom stereocenters. The summed E-state index contributed by atoms with van der Waals surface area (Å²) >= 11 is 0. The van der Waals surface area contributed by atoms with Crippen LogP contribution in [0.25, 0.3) is 0 Å². The summed E-state index contributed by atoms with van der Waals surface area (Å²) in [5.41, 5.74) is 0. The average Bonchev–Trinajstić information content (AvgIpc) is 1.80. The number of rotatable bonds is 0. The van der Waals surface area contributed by atoms with E-state index in [0.717, 1.165) is 6.92 Å². The summed E-state index contributed by atoms with van der Waals surface area (Å²) in [6, 6.07) is 0. The number of alkyl halides is 6. The topological polar surface area (TPSA) is 0 Å². The molecule has 78 valence electrons. The van der Waals surface area contributed by atoms with E-state index in [-0.39, 0.29) is 0 Å². The van der Waals surface area contributed by atoms with Crippen molar-refractivity contribution in [2.24, 2.45) is 5.92 Å². The second kappa shape index (κ2) is 2.54. The lowest BCUT2D eigenvalue weighted by molar-refractivity contribution is -0.336. The Hall–Kier alpha value is -0.420. The molecule has 0 radical (unpaired) electrons. The normalized spacial score (nSPS) is 31.6. The second-order valence-electron chi connectivity index (χ2n) is 3.50. The Kier molecular flexibility index (Phi) is 2.08. The Morgan fingerprint density at radius 3 is 1.46 bits per heavy atom. The molecule has 0 nitrogen and oxygen atoms in total. The van der Waals surface area contributed by atoms with Crippen LogP contribution in [0.5, 0.6) is 0 Å². The van der Waals surface area contributed by atoms with E-state index >= 15 is 0 Å². The maximum absolute atomic E-state index is 12.5. The smallest absolute Gasteiger partial charge is 0.200 e. The number of halogens is 6. The molecule has 1 rings (SSSR count). The van der Waals surface area contributed by atoms with Gasteiger partial charge in [0.15, 0.2) is 0 Å². The molecule has 0 aromatic carbocycles. The predicted molar refractivity (Wildman–Crippen MR) is 33.2 cm³/mol. The Morgan fingerprint density at radius 2 is 1.15 bits per heavy atom. The van der Waals surface area contributed by atoms with Crippen LogP contribution in [0, 0.1) is 5.92 Å². The van der Waals surface area contributed by atoms with Crippen LogP contribution in [0.4, 0.5) is 26.3 Å². The average molecular weight is 206 g/mol. The fourth-order valence-corrected chi connectivity index (χ4v) is 1.47. The van der Waals surface area contributed by atoms with Crippen molar-refractivity contribution < 1.29 is 26.3 Å². The van der Waals surface area contributed by atoms with Gasteiger partial charge in [-0.2, -0.15) is 26.3 Å². The monoisotopic (exact) mass is 206 g/mol. The first-order valence-electron chi connectivity index (χ1n) is 3.73. The molecule has 1 saturated carbocycles. The summed E-state index contributed by atoms with van der Waals surface area (Å²) in [7, 11) is 0. The summed E-state index contributed by atoms with van der Waals surface area (Å²) < 4.78 is 74.9. The molecule has 0 saturated heterocycles. The molecule has 0 aromatic heterocycles. The van der Waals surface area contributed by atoms with Gasteiger partial charge >= 0.3 is 17.8 Å². The zero-order valence-electron chi connectivity index (χ0n) is 6.76. The van der Waals surface area contributed by atoms with E-state index < -0.39 is 36.5 Å². The van der Waals surface area contributed by atoms with Crippen LogP contribution in [-0.2, 0) is 0 Å². The van der Waals surface area contributed by atoms with Gasteiger partial charge in [0.1, 0.15) is 0 Å². The molecule has 1 aliphatic rings. The molecule has 1 fully saturated rings. The molecular formula is C7H8F6. The summed E-state index contributed by atoms with van der Waals surface area (Å²) in [6.45, 7) is 1.11. The highest BCUT2D eigenvalue weighted by molar-refractivity contribution is 5.01. The van der Waals surface area contributed by atoms with Crippen molar-refractivity contribution in [2.45, 2.75) is 37.5 Å². The van der Waals surface area contributed by atoms with Crippen LogP contribution < -0.4 is 0 Å². The SMILES string of the molecule is CC1CC(F)(F)C(F)(F)C(F)(F)C1. The van der Waals surface area contributed by atoms with Gasteiger partial charge in [0.2, 0.25) is 0 Å². The lowest BCUT2D eigenvalue weighted by atomic mass is 9.82. The van der Waals surface area contributed by atoms with Gasteiger partial charge in [-0.25, -0.2) is 0 Å². The molecule has 6 heteroatoms. The zero-order valence-corrected chi connectivity index (χ0v) is 6.76. The standard InChI is InChI=1S/C7H8F6/c1-4-2-5(8,9)7(12,13)6(10,11)3-4/h4H,2-3H2,1H3. The molecule has 0 bridgehead atoms. The van der Waals surface area contributed by atoms with Gasteiger partial charge in [-0.3, -0.25) is 0 Å². The van der Waals surface area contributed by atoms with Crippen LogP contribution in [-0.4, -0.2) is 17.8 Å². The van der Waals surface area contributed by atoms with Crippen molar-refractivity contribution in [1.29, 1.82) is 0 Å². The van der Waals surface area contributed by atoms with Crippen LogP contribution in [0.2, 0.25) is 0 Å². The fraction of sp³-hybridized carbons (Fsp3) is 1.00. The van der Waals surface area contributed by atoms with E-state index in [1.165, 1.54) is 0 Å². The highest BCUT2D eigenvalue weighted by atomic mass is 19.3. The highest BCUT2D eigenvalue weighted by Gasteiger charge is 2.73. The van der Waals surface area contributed by atoms with Gasteiger partial charge in [-0.15, -0.1) is 0 Å². The van der Waals surface area contributed by atoms with Crippen molar-refractivity contribution in [2.75, 3.05) is 0 Å².